The van der Waals surface area contributed by atoms with Gasteiger partial charge in [0.15, 0.2) is 0 Å². The minimum Gasteiger partial charge on any atom is -0.324 e. The molecular formula is C15H29N3O. The van der Waals surface area contributed by atoms with E-state index in [0.29, 0.717) is 18.0 Å². The first kappa shape index (κ1) is 14.8. The summed E-state index contributed by atoms with van der Waals surface area (Å²) in [4.78, 5) is 17.0. The van der Waals surface area contributed by atoms with Crippen LogP contribution in [0, 0.1) is 0 Å². The van der Waals surface area contributed by atoms with Crippen molar-refractivity contribution in [2.75, 3.05) is 13.1 Å². The summed E-state index contributed by atoms with van der Waals surface area (Å²) < 4.78 is 0. The molecule has 1 unspecified atom stereocenters. The molecule has 4 nitrogen and oxygen atoms in total. The average Bonchev–Trinajstić information content (AvgIpc) is 3.06. The second kappa shape index (κ2) is 5.41. The highest BCUT2D eigenvalue weighted by Crippen LogP contribution is 2.42. The van der Waals surface area contributed by atoms with Crippen LogP contribution in [0.25, 0.3) is 0 Å². The van der Waals surface area contributed by atoms with E-state index in [4.69, 9.17) is 0 Å². The highest BCUT2D eigenvalue weighted by molar-refractivity contribution is 5.91. The Balaban J connectivity index is 1.96. The van der Waals surface area contributed by atoms with Crippen LogP contribution in [0.2, 0.25) is 0 Å². The Morgan fingerprint density at radius 2 is 1.89 bits per heavy atom. The van der Waals surface area contributed by atoms with Gasteiger partial charge in [-0.25, -0.2) is 0 Å². The van der Waals surface area contributed by atoms with E-state index in [0.717, 1.165) is 32.4 Å². The first-order valence-electron chi connectivity index (χ1n) is 7.76. The van der Waals surface area contributed by atoms with Crippen LogP contribution in [0.5, 0.6) is 0 Å². The molecule has 1 amide bonds. The summed E-state index contributed by atoms with van der Waals surface area (Å²) in [5.74, 6) is 0.340. The van der Waals surface area contributed by atoms with Gasteiger partial charge in [0.05, 0.1) is 11.7 Å². The quantitative estimate of drug-likeness (QED) is 0.797. The number of rotatable bonds is 6. The maximum atomic E-state index is 12.5. The van der Waals surface area contributed by atoms with Crippen molar-refractivity contribution in [3.05, 3.63) is 0 Å². The molecule has 4 heteroatoms. The zero-order valence-electron chi connectivity index (χ0n) is 13.1. The van der Waals surface area contributed by atoms with Gasteiger partial charge in [0.2, 0.25) is 5.91 Å². The lowest BCUT2D eigenvalue weighted by atomic mass is 10.2. The van der Waals surface area contributed by atoms with Crippen LogP contribution in [0.3, 0.4) is 0 Å². The van der Waals surface area contributed by atoms with Crippen LogP contribution >= 0.6 is 0 Å². The van der Waals surface area contributed by atoms with Crippen LogP contribution in [0.15, 0.2) is 0 Å². The Bertz CT molecular complexity index is 328. The van der Waals surface area contributed by atoms with Crippen molar-refractivity contribution < 1.29 is 4.79 Å². The Morgan fingerprint density at radius 1 is 1.32 bits per heavy atom. The van der Waals surface area contributed by atoms with Crippen molar-refractivity contribution in [2.45, 2.75) is 77.7 Å². The van der Waals surface area contributed by atoms with E-state index in [-0.39, 0.29) is 11.7 Å². The zero-order chi connectivity index (χ0) is 14.2. The third kappa shape index (κ3) is 2.79. The number of nitrogens with one attached hydrogen (secondary N) is 1. The van der Waals surface area contributed by atoms with Gasteiger partial charge in [-0.2, -0.15) is 0 Å². The van der Waals surface area contributed by atoms with Crippen molar-refractivity contribution in [3.8, 4) is 0 Å². The molecule has 0 aromatic rings. The summed E-state index contributed by atoms with van der Waals surface area (Å²) in [6.45, 7) is 12.9. The fourth-order valence-corrected chi connectivity index (χ4v) is 3.27. The van der Waals surface area contributed by atoms with Gasteiger partial charge < -0.3 is 4.90 Å². The summed E-state index contributed by atoms with van der Waals surface area (Å²) in [6, 6.07) is 1.06. The van der Waals surface area contributed by atoms with Crippen molar-refractivity contribution in [2.24, 2.45) is 0 Å². The molecule has 0 aromatic heterocycles. The molecule has 0 radical (unpaired) electrons. The van der Waals surface area contributed by atoms with Gasteiger partial charge in [0.1, 0.15) is 0 Å². The molecule has 0 bridgehead atoms. The van der Waals surface area contributed by atoms with Crippen LogP contribution in [-0.2, 0) is 4.79 Å². The first-order valence-corrected chi connectivity index (χ1v) is 7.76. The van der Waals surface area contributed by atoms with Crippen LogP contribution in [0.1, 0.15) is 53.9 Å². The van der Waals surface area contributed by atoms with E-state index in [9.17, 15) is 4.79 Å². The summed E-state index contributed by atoms with van der Waals surface area (Å²) >= 11 is 0. The molecule has 1 atom stereocenters. The number of carbonyl (C=O) groups is 1. The Labute approximate surface area is 117 Å². The van der Waals surface area contributed by atoms with Gasteiger partial charge in [-0.15, -0.1) is 0 Å². The molecule has 2 aliphatic rings. The van der Waals surface area contributed by atoms with Gasteiger partial charge in [0.25, 0.3) is 0 Å². The van der Waals surface area contributed by atoms with E-state index in [2.05, 4.69) is 49.7 Å². The second-order valence-corrected chi connectivity index (χ2v) is 6.57. The van der Waals surface area contributed by atoms with Crippen LogP contribution < -0.4 is 5.32 Å². The van der Waals surface area contributed by atoms with Crippen molar-refractivity contribution in [1.82, 2.24) is 15.1 Å². The predicted octanol–water partition coefficient (Wildman–Crippen LogP) is 1.81. The van der Waals surface area contributed by atoms with Gasteiger partial charge in [0, 0.05) is 25.2 Å². The Hall–Kier alpha value is -0.610. The van der Waals surface area contributed by atoms with Gasteiger partial charge in [-0.3, -0.25) is 15.0 Å². The molecule has 1 heterocycles. The monoisotopic (exact) mass is 267 g/mol. The smallest absolute Gasteiger partial charge is 0.244 e. The first-order chi connectivity index (χ1) is 8.91. The number of hydrogen-bond acceptors (Lipinski definition) is 3. The zero-order valence-corrected chi connectivity index (χ0v) is 13.1. The molecule has 2 rings (SSSR count). The lowest BCUT2D eigenvalue weighted by Crippen LogP contribution is -2.46. The molecule has 0 aromatic carbocycles. The number of carbonyl (C=O) groups excluding carboxylic acids is 1. The molecular weight excluding hydrogens is 238 g/mol. The number of amides is 1. The fraction of sp³-hybridized carbons (Fsp3) is 0.933. The number of nitrogens with zero attached hydrogens (tertiary/aromatic N) is 2. The highest BCUT2D eigenvalue weighted by atomic mass is 16.2. The number of hydrogen-bond donors (Lipinski definition) is 1. The van der Waals surface area contributed by atoms with E-state index < -0.39 is 0 Å². The predicted molar refractivity (Wildman–Crippen MR) is 77.9 cm³/mol. The summed E-state index contributed by atoms with van der Waals surface area (Å²) in [7, 11) is 0. The van der Waals surface area contributed by atoms with Crippen molar-refractivity contribution >= 4 is 5.91 Å². The summed E-state index contributed by atoms with van der Waals surface area (Å²) in [5.41, 5.74) is -0.166. The summed E-state index contributed by atoms with van der Waals surface area (Å²) in [6.07, 6.45) is 3.29. The Kier molecular flexibility index (Phi) is 4.21. The lowest BCUT2D eigenvalue weighted by molar-refractivity contribution is -0.131. The largest absolute Gasteiger partial charge is 0.324 e. The standard InChI is InChI=1S/C15H29N3O/c1-6-13-16-15(7-8-15)14(19)18(13)10-9-17(11(2)3)12(4)5/h11-13,16H,6-10H2,1-5H3. The second-order valence-electron chi connectivity index (χ2n) is 6.57. The molecule has 1 aliphatic heterocycles. The lowest BCUT2D eigenvalue weighted by Gasteiger charge is -2.33. The summed E-state index contributed by atoms with van der Waals surface area (Å²) in [5, 5.41) is 3.53. The van der Waals surface area contributed by atoms with Crippen molar-refractivity contribution in [1.29, 1.82) is 0 Å². The molecule has 1 spiro atoms. The van der Waals surface area contributed by atoms with Gasteiger partial charge in [-0.1, -0.05) is 6.92 Å². The molecule has 1 aliphatic carbocycles. The van der Waals surface area contributed by atoms with Gasteiger partial charge in [-0.05, 0) is 47.0 Å². The van der Waals surface area contributed by atoms with Crippen molar-refractivity contribution in [3.63, 3.8) is 0 Å². The van der Waals surface area contributed by atoms with E-state index in [1.54, 1.807) is 0 Å². The molecule has 1 saturated heterocycles. The third-order valence-corrected chi connectivity index (χ3v) is 4.55. The fourth-order valence-electron chi connectivity index (χ4n) is 3.27. The van der Waals surface area contributed by atoms with E-state index in [1.807, 2.05) is 0 Å². The molecule has 19 heavy (non-hydrogen) atoms. The average molecular weight is 267 g/mol. The SMILES string of the molecule is CCC1NC2(CC2)C(=O)N1CCN(C(C)C)C(C)C. The van der Waals surface area contributed by atoms with E-state index in [1.165, 1.54) is 0 Å². The molecule has 2 fully saturated rings. The molecule has 110 valence electrons. The third-order valence-electron chi connectivity index (χ3n) is 4.55. The molecule has 1 N–H and O–H groups in total. The normalized spacial score (nSPS) is 25.4. The van der Waals surface area contributed by atoms with Crippen LogP contribution in [-0.4, -0.2) is 52.6 Å². The van der Waals surface area contributed by atoms with Crippen LogP contribution in [0.4, 0.5) is 0 Å². The maximum absolute atomic E-state index is 12.5. The minimum absolute atomic E-state index is 0.166. The maximum Gasteiger partial charge on any atom is 0.244 e. The van der Waals surface area contributed by atoms with E-state index >= 15 is 0 Å². The minimum atomic E-state index is -0.166. The highest BCUT2D eigenvalue weighted by Gasteiger charge is 2.58. The molecule has 1 saturated carbocycles. The Morgan fingerprint density at radius 3 is 2.32 bits per heavy atom. The topological polar surface area (TPSA) is 35.6 Å². The van der Waals surface area contributed by atoms with Gasteiger partial charge >= 0.3 is 0 Å².